The zero-order valence-electron chi connectivity index (χ0n) is 7.94. The van der Waals surface area contributed by atoms with Crippen LogP contribution in [-0.4, -0.2) is 16.7 Å². The Morgan fingerprint density at radius 3 is 2.93 bits per heavy atom. The van der Waals surface area contributed by atoms with E-state index in [1.807, 2.05) is 12.1 Å². The lowest BCUT2D eigenvalue weighted by Gasteiger charge is -1.89. The highest BCUT2D eigenvalue weighted by Gasteiger charge is 2.09. The van der Waals surface area contributed by atoms with Gasteiger partial charge in [-0.05, 0) is 25.1 Å². The fraction of sp³-hybridized carbons (Fsp3) is 0.333. The minimum atomic E-state index is 0.527. The largest absolute Gasteiger partial charge is 0.420 e. The van der Waals surface area contributed by atoms with Crippen molar-refractivity contribution in [2.45, 2.75) is 12.8 Å². The van der Waals surface area contributed by atoms with Crippen molar-refractivity contribution < 1.29 is 4.42 Å². The molecule has 0 aliphatic carbocycles. The van der Waals surface area contributed by atoms with E-state index in [1.54, 1.807) is 0 Å². The van der Waals surface area contributed by atoms with Crippen molar-refractivity contribution in [3.05, 3.63) is 22.4 Å². The van der Waals surface area contributed by atoms with Gasteiger partial charge < -0.3 is 10.2 Å². The van der Waals surface area contributed by atoms with Gasteiger partial charge >= 0.3 is 0 Å². The van der Waals surface area contributed by atoms with Gasteiger partial charge in [0.05, 0.1) is 9.21 Å². The Hall–Kier alpha value is -0.910. The van der Waals surface area contributed by atoms with Crippen LogP contribution in [0.5, 0.6) is 0 Å². The molecule has 2 aromatic heterocycles. The second-order valence-corrected chi connectivity index (χ2v) is 4.71. The van der Waals surface area contributed by atoms with E-state index in [-0.39, 0.29) is 0 Å². The number of nitrogens with zero attached hydrogens (tertiary/aromatic N) is 2. The lowest BCUT2D eigenvalue weighted by Crippen LogP contribution is -2.00. The third-order valence-electron chi connectivity index (χ3n) is 1.85. The lowest BCUT2D eigenvalue weighted by molar-refractivity contribution is 0.500. The van der Waals surface area contributed by atoms with Crippen LogP contribution in [0.3, 0.4) is 0 Å². The van der Waals surface area contributed by atoms with Crippen LogP contribution >= 0.6 is 22.9 Å². The summed E-state index contributed by atoms with van der Waals surface area (Å²) in [4.78, 5) is 0.895. The number of aromatic nitrogens is 2. The Morgan fingerprint density at radius 1 is 1.40 bits per heavy atom. The van der Waals surface area contributed by atoms with Crippen molar-refractivity contribution in [3.63, 3.8) is 0 Å². The molecule has 2 rings (SSSR count). The summed E-state index contributed by atoms with van der Waals surface area (Å²) in [6.45, 7) is 0.628. The molecule has 0 radical (unpaired) electrons. The van der Waals surface area contributed by atoms with E-state index >= 15 is 0 Å². The molecule has 0 saturated carbocycles. The summed E-state index contributed by atoms with van der Waals surface area (Å²) in [6.07, 6.45) is 1.58. The number of aryl methyl sites for hydroxylation is 1. The standard InChI is InChI=1S/C9H10ClN3OS/c10-7-4-3-6(15-7)9-13-12-8(14-9)2-1-5-11/h3-4H,1-2,5,11H2. The highest BCUT2D eigenvalue weighted by molar-refractivity contribution is 7.19. The van der Waals surface area contributed by atoms with Crippen molar-refractivity contribution >= 4 is 22.9 Å². The van der Waals surface area contributed by atoms with Crippen LogP contribution in [0.15, 0.2) is 16.5 Å². The Balaban J connectivity index is 2.13. The van der Waals surface area contributed by atoms with Crippen LogP contribution in [-0.2, 0) is 6.42 Å². The van der Waals surface area contributed by atoms with Crippen LogP contribution in [0.1, 0.15) is 12.3 Å². The van der Waals surface area contributed by atoms with Gasteiger partial charge in [0.2, 0.25) is 5.89 Å². The van der Waals surface area contributed by atoms with Crippen LogP contribution in [0.4, 0.5) is 0 Å². The van der Waals surface area contributed by atoms with E-state index in [9.17, 15) is 0 Å². The highest BCUT2D eigenvalue weighted by Crippen LogP contribution is 2.29. The predicted octanol–water partition coefficient (Wildman–Crippen LogP) is 2.34. The molecule has 2 heterocycles. The fourth-order valence-corrected chi connectivity index (χ4v) is 2.10. The maximum atomic E-state index is 5.81. The zero-order chi connectivity index (χ0) is 10.7. The summed E-state index contributed by atoms with van der Waals surface area (Å²) in [7, 11) is 0. The number of rotatable bonds is 4. The van der Waals surface area contributed by atoms with Crippen LogP contribution < -0.4 is 5.73 Å². The fourth-order valence-electron chi connectivity index (χ4n) is 1.14. The molecule has 2 aromatic rings. The van der Waals surface area contributed by atoms with Crippen LogP contribution in [0, 0.1) is 0 Å². The molecule has 0 fully saturated rings. The van der Waals surface area contributed by atoms with E-state index in [4.69, 9.17) is 21.8 Å². The number of thiophene rings is 1. The molecule has 4 nitrogen and oxygen atoms in total. The highest BCUT2D eigenvalue weighted by atomic mass is 35.5. The summed E-state index contributed by atoms with van der Waals surface area (Å²) in [5.41, 5.74) is 5.39. The van der Waals surface area contributed by atoms with E-state index in [1.165, 1.54) is 11.3 Å². The molecule has 6 heteroatoms. The van der Waals surface area contributed by atoms with Gasteiger partial charge in [-0.2, -0.15) is 0 Å². The third-order valence-corrected chi connectivity index (χ3v) is 3.06. The second-order valence-electron chi connectivity index (χ2n) is 3.00. The molecule has 0 amide bonds. The molecule has 0 atom stereocenters. The van der Waals surface area contributed by atoms with Gasteiger partial charge in [0.1, 0.15) is 0 Å². The zero-order valence-corrected chi connectivity index (χ0v) is 9.51. The first-order valence-electron chi connectivity index (χ1n) is 4.58. The van der Waals surface area contributed by atoms with Crippen molar-refractivity contribution in [1.29, 1.82) is 0 Å². The first kappa shape index (κ1) is 10.6. The number of nitrogens with two attached hydrogens (primary N) is 1. The second kappa shape index (κ2) is 4.74. The van der Waals surface area contributed by atoms with Gasteiger partial charge in [-0.15, -0.1) is 21.5 Å². The Bertz CT molecular complexity index is 440. The van der Waals surface area contributed by atoms with Gasteiger partial charge in [-0.25, -0.2) is 0 Å². The molecule has 0 unspecified atom stereocenters. The Kier molecular flexibility index (Phi) is 3.35. The predicted molar refractivity (Wildman–Crippen MR) is 60.0 cm³/mol. The molecule has 2 N–H and O–H groups in total. The monoisotopic (exact) mass is 243 g/mol. The van der Waals surface area contributed by atoms with Gasteiger partial charge in [0, 0.05) is 6.42 Å². The van der Waals surface area contributed by atoms with E-state index in [2.05, 4.69) is 10.2 Å². The number of hydrogen-bond acceptors (Lipinski definition) is 5. The molecule has 0 spiro atoms. The summed E-state index contributed by atoms with van der Waals surface area (Å²) in [6, 6.07) is 3.68. The molecular weight excluding hydrogens is 234 g/mol. The van der Waals surface area contributed by atoms with Crippen molar-refractivity contribution in [2.24, 2.45) is 5.73 Å². The molecule has 0 aromatic carbocycles. The van der Waals surface area contributed by atoms with Gasteiger partial charge in [0.25, 0.3) is 5.89 Å². The van der Waals surface area contributed by atoms with Crippen LogP contribution in [0.25, 0.3) is 10.8 Å². The molecular formula is C9H10ClN3OS. The summed E-state index contributed by atoms with van der Waals surface area (Å²) < 4.78 is 6.17. The van der Waals surface area contributed by atoms with Crippen molar-refractivity contribution in [2.75, 3.05) is 6.54 Å². The minimum absolute atomic E-state index is 0.527. The molecule has 0 saturated heterocycles. The average molecular weight is 244 g/mol. The van der Waals surface area contributed by atoms with Crippen molar-refractivity contribution in [3.8, 4) is 10.8 Å². The average Bonchev–Trinajstić information content (AvgIpc) is 2.83. The Labute approximate surface area is 96.1 Å². The topological polar surface area (TPSA) is 64.9 Å². The van der Waals surface area contributed by atoms with Crippen molar-refractivity contribution in [1.82, 2.24) is 10.2 Å². The van der Waals surface area contributed by atoms with E-state index in [0.29, 0.717) is 22.7 Å². The maximum Gasteiger partial charge on any atom is 0.257 e. The van der Waals surface area contributed by atoms with E-state index in [0.717, 1.165) is 17.7 Å². The van der Waals surface area contributed by atoms with Gasteiger partial charge in [0.15, 0.2) is 0 Å². The normalized spacial score (nSPS) is 10.8. The first-order chi connectivity index (χ1) is 7.29. The quantitative estimate of drug-likeness (QED) is 0.895. The molecule has 0 aliphatic heterocycles. The summed E-state index contributed by atoms with van der Waals surface area (Å²) >= 11 is 7.24. The third kappa shape index (κ3) is 2.56. The molecule has 15 heavy (non-hydrogen) atoms. The van der Waals surface area contributed by atoms with E-state index < -0.39 is 0 Å². The summed E-state index contributed by atoms with van der Waals surface area (Å²) in [5, 5.41) is 7.88. The maximum absolute atomic E-state index is 5.81. The molecule has 0 bridgehead atoms. The van der Waals surface area contributed by atoms with Gasteiger partial charge in [-0.1, -0.05) is 11.6 Å². The minimum Gasteiger partial charge on any atom is -0.420 e. The number of halogens is 1. The first-order valence-corrected chi connectivity index (χ1v) is 5.77. The lowest BCUT2D eigenvalue weighted by atomic mass is 10.3. The van der Waals surface area contributed by atoms with Crippen LogP contribution in [0.2, 0.25) is 4.34 Å². The smallest absolute Gasteiger partial charge is 0.257 e. The molecule has 0 aliphatic rings. The summed E-state index contributed by atoms with van der Waals surface area (Å²) in [5.74, 6) is 1.15. The SMILES string of the molecule is NCCCc1nnc(-c2ccc(Cl)s2)o1. The molecule has 80 valence electrons. The van der Waals surface area contributed by atoms with Gasteiger partial charge in [-0.3, -0.25) is 0 Å². The Morgan fingerprint density at radius 2 is 2.27 bits per heavy atom. The number of hydrogen-bond donors (Lipinski definition) is 1.